The van der Waals surface area contributed by atoms with Crippen molar-refractivity contribution in [3.8, 4) is 5.75 Å². The van der Waals surface area contributed by atoms with Gasteiger partial charge in [-0.2, -0.15) is 8.42 Å². The molecule has 0 saturated carbocycles. The van der Waals surface area contributed by atoms with Crippen LogP contribution in [0.1, 0.15) is 18.4 Å². The maximum atomic E-state index is 11.0. The molecule has 0 amide bonds. The van der Waals surface area contributed by atoms with Crippen LogP contribution in [-0.2, 0) is 16.5 Å². The van der Waals surface area contributed by atoms with Crippen molar-refractivity contribution in [2.75, 3.05) is 19.3 Å². The summed E-state index contributed by atoms with van der Waals surface area (Å²) in [6, 6.07) is 7.31. The normalized spacial score (nSPS) is 20.6. The van der Waals surface area contributed by atoms with E-state index in [4.69, 9.17) is 4.18 Å². The molecule has 1 saturated heterocycles. The highest BCUT2D eigenvalue weighted by molar-refractivity contribution is 7.86. The fraction of sp³-hybridized carbons (Fsp3) is 0.538. The number of benzene rings is 1. The highest BCUT2D eigenvalue weighted by atomic mass is 32.2. The first-order valence-electron chi connectivity index (χ1n) is 6.22. The van der Waals surface area contributed by atoms with Gasteiger partial charge >= 0.3 is 10.1 Å². The lowest BCUT2D eigenvalue weighted by Crippen LogP contribution is -2.30. The van der Waals surface area contributed by atoms with Crippen molar-refractivity contribution in [2.45, 2.75) is 19.3 Å². The van der Waals surface area contributed by atoms with Gasteiger partial charge in [0.25, 0.3) is 0 Å². The van der Waals surface area contributed by atoms with Gasteiger partial charge in [0, 0.05) is 0 Å². The summed E-state index contributed by atoms with van der Waals surface area (Å²) in [7, 11) is -3.43. The van der Waals surface area contributed by atoms with E-state index in [1.165, 1.54) is 18.4 Å². The molecule has 100 valence electrons. The molecule has 1 N–H and O–H groups in total. The lowest BCUT2D eigenvalue weighted by atomic mass is 9.92. The van der Waals surface area contributed by atoms with E-state index < -0.39 is 10.1 Å². The van der Waals surface area contributed by atoms with Crippen LogP contribution in [0.4, 0.5) is 0 Å². The van der Waals surface area contributed by atoms with Crippen molar-refractivity contribution >= 4 is 10.1 Å². The molecule has 0 radical (unpaired) electrons. The summed E-state index contributed by atoms with van der Waals surface area (Å²) in [5, 5.41) is 3.39. The van der Waals surface area contributed by atoms with Gasteiger partial charge in [-0.25, -0.2) is 0 Å². The van der Waals surface area contributed by atoms with E-state index in [0.29, 0.717) is 11.7 Å². The molecule has 1 atom stereocenters. The average Bonchev–Trinajstić information content (AvgIpc) is 2.31. The van der Waals surface area contributed by atoms with E-state index in [0.717, 1.165) is 25.8 Å². The number of rotatable bonds is 4. The SMILES string of the molecule is CS(=O)(=O)Oc1ccc(CC2CCCNC2)cc1. The predicted molar refractivity (Wildman–Crippen MR) is 71.2 cm³/mol. The third kappa shape index (κ3) is 4.31. The summed E-state index contributed by atoms with van der Waals surface area (Å²) < 4.78 is 26.8. The summed E-state index contributed by atoms with van der Waals surface area (Å²) in [6.07, 6.45) is 4.58. The Kier molecular flexibility index (Phi) is 4.24. The van der Waals surface area contributed by atoms with Gasteiger partial charge in [-0.15, -0.1) is 0 Å². The maximum Gasteiger partial charge on any atom is 0.306 e. The summed E-state index contributed by atoms with van der Waals surface area (Å²) >= 11 is 0. The summed E-state index contributed by atoms with van der Waals surface area (Å²) in [5.74, 6) is 1.06. The van der Waals surface area contributed by atoms with E-state index in [2.05, 4.69) is 5.32 Å². The summed E-state index contributed by atoms with van der Waals surface area (Å²) in [6.45, 7) is 2.19. The zero-order valence-corrected chi connectivity index (χ0v) is 11.4. The Morgan fingerprint density at radius 1 is 1.33 bits per heavy atom. The van der Waals surface area contributed by atoms with Gasteiger partial charge in [-0.3, -0.25) is 0 Å². The van der Waals surface area contributed by atoms with Crippen LogP contribution in [0.3, 0.4) is 0 Å². The van der Waals surface area contributed by atoms with Gasteiger partial charge in [0.05, 0.1) is 6.26 Å². The van der Waals surface area contributed by atoms with Crippen LogP contribution in [0, 0.1) is 5.92 Å². The molecule has 1 aromatic rings. The Bertz CT molecular complexity index is 475. The van der Waals surface area contributed by atoms with E-state index in [1.807, 2.05) is 12.1 Å². The van der Waals surface area contributed by atoms with Crippen LogP contribution >= 0.6 is 0 Å². The Labute approximate surface area is 108 Å². The zero-order valence-electron chi connectivity index (χ0n) is 10.6. The Balaban J connectivity index is 1.94. The molecule has 1 unspecified atom stereocenters. The second kappa shape index (κ2) is 5.71. The molecule has 18 heavy (non-hydrogen) atoms. The van der Waals surface area contributed by atoms with E-state index in [1.54, 1.807) is 12.1 Å². The molecule has 1 aromatic carbocycles. The smallest absolute Gasteiger partial charge is 0.306 e. The van der Waals surface area contributed by atoms with Crippen molar-refractivity contribution in [3.63, 3.8) is 0 Å². The minimum absolute atomic E-state index is 0.378. The molecule has 1 fully saturated rings. The van der Waals surface area contributed by atoms with Crippen molar-refractivity contribution in [3.05, 3.63) is 29.8 Å². The minimum atomic E-state index is -3.43. The molecule has 4 nitrogen and oxygen atoms in total. The quantitative estimate of drug-likeness (QED) is 0.843. The maximum absolute atomic E-state index is 11.0. The molecule has 0 bridgehead atoms. The number of hydrogen-bond acceptors (Lipinski definition) is 4. The lowest BCUT2D eigenvalue weighted by Gasteiger charge is -2.22. The van der Waals surface area contributed by atoms with E-state index in [9.17, 15) is 8.42 Å². The fourth-order valence-corrected chi connectivity index (χ4v) is 2.75. The molecule has 0 aliphatic carbocycles. The van der Waals surface area contributed by atoms with Gasteiger partial charge in [-0.1, -0.05) is 12.1 Å². The van der Waals surface area contributed by atoms with Crippen LogP contribution in [0.15, 0.2) is 24.3 Å². The van der Waals surface area contributed by atoms with Crippen molar-refractivity contribution < 1.29 is 12.6 Å². The largest absolute Gasteiger partial charge is 0.383 e. The molecule has 1 heterocycles. The Morgan fingerprint density at radius 3 is 2.61 bits per heavy atom. The Morgan fingerprint density at radius 2 is 2.06 bits per heavy atom. The van der Waals surface area contributed by atoms with Crippen LogP contribution in [0.5, 0.6) is 5.75 Å². The molecule has 2 rings (SSSR count). The van der Waals surface area contributed by atoms with Crippen LogP contribution in [-0.4, -0.2) is 27.8 Å². The number of hydrogen-bond donors (Lipinski definition) is 1. The van der Waals surface area contributed by atoms with Gasteiger partial charge in [0.15, 0.2) is 0 Å². The third-order valence-electron chi connectivity index (χ3n) is 3.09. The van der Waals surface area contributed by atoms with Crippen molar-refractivity contribution in [2.24, 2.45) is 5.92 Å². The lowest BCUT2D eigenvalue weighted by molar-refractivity contribution is 0.376. The average molecular weight is 269 g/mol. The molecule has 0 spiro atoms. The topological polar surface area (TPSA) is 55.4 Å². The van der Waals surface area contributed by atoms with Crippen LogP contribution < -0.4 is 9.50 Å². The Hall–Kier alpha value is -1.07. The van der Waals surface area contributed by atoms with Gasteiger partial charge in [0.1, 0.15) is 5.75 Å². The van der Waals surface area contributed by atoms with Crippen molar-refractivity contribution in [1.82, 2.24) is 5.32 Å². The first kappa shape index (κ1) is 13.4. The van der Waals surface area contributed by atoms with Gasteiger partial charge in [0.2, 0.25) is 0 Å². The summed E-state index contributed by atoms with van der Waals surface area (Å²) in [4.78, 5) is 0. The standard InChI is InChI=1S/C13H19NO3S/c1-18(15,16)17-13-6-4-11(5-7-13)9-12-3-2-8-14-10-12/h4-7,12,14H,2-3,8-10H2,1H3. The number of piperidine rings is 1. The van der Waals surface area contributed by atoms with Crippen molar-refractivity contribution in [1.29, 1.82) is 0 Å². The van der Waals surface area contributed by atoms with Crippen LogP contribution in [0.2, 0.25) is 0 Å². The predicted octanol–water partition coefficient (Wildman–Crippen LogP) is 1.57. The summed E-state index contributed by atoms with van der Waals surface area (Å²) in [5.41, 5.74) is 1.23. The monoisotopic (exact) mass is 269 g/mol. The molecule has 1 aliphatic rings. The van der Waals surface area contributed by atoms with Gasteiger partial charge < -0.3 is 9.50 Å². The fourth-order valence-electron chi connectivity index (χ4n) is 2.29. The van der Waals surface area contributed by atoms with Gasteiger partial charge in [-0.05, 0) is 56.0 Å². The van der Waals surface area contributed by atoms with Crippen LogP contribution in [0.25, 0.3) is 0 Å². The first-order valence-corrected chi connectivity index (χ1v) is 8.04. The molecular weight excluding hydrogens is 250 g/mol. The highest BCUT2D eigenvalue weighted by Crippen LogP contribution is 2.19. The second-order valence-electron chi connectivity index (χ2n) is 4.85. The zero-order chi connectivity index (χ0) is 13.0. The molecular formula is C13H19NO3S. The highest BCUT2D eigenvalue weighted by Gasteiger charge is 2.13. The van der Waals surface area contributed by atoms with E-state index >= 15 is 0 Å². The molecule has 0 aromatic heterocycles. The first-order chi connectivity index (χ1) is 8.53. The number of nitrogens with one attached hydrogen (secondary N) is 1. The molecule has 5 heteroatoms. The second-order valence-corrected chi connectivity index (χ2v) is 6.42. The van der Waals surface area contributed by atoms with E-state index in [-0.39, 0.29) is 0 Å². The third-order valence-corrected chi connectivity index (χ3v) is 3.59. The molecule has 1 aliphatic heterocycles. The minimum Gasteiger partial charge on any atom is -0.383 e.